The van der Waals surface area contributed by atoms with Gasteiger partial charge in [0.25, 0.3) is 0 Å². The Bertz CT molecular complexity index is 897. The number of H-pyrrole nitrogens is 1. The van der Waals surface area contributed by atoms with Crippen molar-refractivity contribution in [2.75, 3.05) is 24.2 Å². The first-order valence-corrected chi connectivity index (χ1v) is 9.38. The van der Waals surface area contributed by atoms with Gasteiger partial charge < -0.3 is 16.0 Å². The monoisotopic (exact) mass is 363 g/mol. The number of aryl methyl sites for hydroxylation is 1. The number of likely N-dealkylation sites (N-methyl/N-ethyl adjacent to an activating group) is 1. The van der Waals surface area contributed by atoms with Crippen LogP contribution in [0.2, 0.25) is 0 Å². The molecule has 1 aromatic carbocycles. The summed E-state index contributed by atoms with van der Waals surface area (Å²) in [5.74, 6) is 2.73. The molecule has 2 aromatic heterocycles. The molecule has 4 rings (SSSR count). The zero-order valence-electron chi connectivity index (χ0n) is 15.7. The van der Waals surface area contributed by atoms with E-state index in [-0.39, 0.29) is 0 Å². The SMILES string of the molecule is CNCCc1ccc(Nc2nc(C)cc(Nc3cc(C4CC4)[nH]n3)n2)cc1. The summed E-state index contributed by atoms with van der Waals surface area (Å²) in [5, 5.41) is 17.1. The molecule has 0 bridgehead atoms. The zero-order chi connectivity index (χ0) is 18.6. The summed E-state index contributed by atoms with van der Waals surface area (Å²) >= 11 is 0. The molecule has 1 saturated carbocycles. The minimum atomic E-state index is 0.568. The number of nitrogens with zero attached hydrogens (tertiary/aromatic N) is 3. The number of benzene rings is 1. The summed E-state index contributed by atoms with van der Waals surface area (Å²) in [4.78, 5) is 9.05. The topological polar surface area (TPSA) is 90.6 Å². The van der Waals surface area contributed by atoms with Gasteiger partial charge in [-0.25, -0.2) is 4.98 Å². The first-order chi connectivity index (χ1) is 13.2. The summed E-state index contributed by atoms with van der Waals surface area (Å²) in [6, 6.07) is 12.3. The van der Waals surface area contributed by atoms with Crippen molar-refractivity contribution in [3.63, 3.8) is 0 Å². The molecule has 1 aliphatic carbocycles. The van der Waals surface area contributed by atoms with Gasteiger partial charge in [-0.1, -0.05) is 12.1 Å². The second-order valence-electron chi connectivity index (χ2n) is 7.00. The molecule has 4 N–H and O–H groups in total. The third kappa shape index (κ3) is 4.62. The lowest BCUT2D eigenvalue weighted by atomic mass is 10.1. The van der Waals surface area contributed by atoms with Gasteiger partial charge in [0, 0.05) is 35.1 Å². The Labute approximate surface area is 159 Å². The van der Waals surface area contributed by atoms with Crippen molar-refractivity contribution >= 4 is 23.3 Å². The van der Waals surface area contributed by atoms with Crippen LogP contribution >= 0.6 is 0 Å². The highest BCUT2D eigenvalue weighted by molar-refractivity contribution is 5.58. The average Bonchev–Trinajstić information content (AvgIpc) is 3.40. The normalized spacial score (nSPS) is 13.6. The molecule has 0 spiro atoms. The van der Waals surface area contributed by atoms with E-state index in [2.05, 4.69) is 66.4 Å². The van der Waals surface area contributed by atoms with Crippen molar-refractivity contribution in [1.29, 1.82) is 0 Å². The fraction of sp³-hybridized carbons (Fsp3) is 0.350. The van der Waals surface area contributed by atoms with E-state index in [1.54, 1.807) is 0 Å². The van der Waals surface area contributed by atoms with Crippen LogP contribution in [0, 0.1) is 6.92 Å². The first-order valence-electron chi connectivity index (χ1n) is 9.38. The summed E-state index contributed by atoms with van der Waals surface area (Å²) in [6.07, 6.45) is 3.50. The van der Waals surface area contributed by atoms with Gasteiger partial charge in [0.05, 0.1) is 0 Å². The van der Waals surface area contributed by atoms with Crippen molar-refractivity contribution < 1.29 is 0 Å². The molecule has 0 atom stereocenters. The van der Waals surface area contributed by atoms with Crippen LogP contribution in [0.3, 0.4) is 0 Å². The first kappa shape index (κ1) is 17.5. The molecule has 7 heteroatoms. The maximum Gasteiger partial charge on any atom is 0.229 e. The fourth-order valence-corrected chi connectivity index (χ4v) is 2.98. The minimum Gasteiger partial charge on any atom is -0.324 e. The molecule has 0 aliphatic heterocycles. The number of hydrogen-bond donors (Lipinski definition) is 4. The number of hydrogen-bond acceptors (Lipinski definition) is 6. The van der Waals surface area contributed by atoms with Crippen molar-refractivity contribution in [2.45, 2.75) is 32.1 Å². The van der Waals surface area contributed by atoms with E-state index >= 15 is 0 Å². The molecule has 0 unspecified atom stereocenters. The van der Waals surface area contributed by atoms with Crippen LogP contribution in [0.25, 0.3) is 0 Å². The smallest absolute Gasteiger partial charge is 0.229 e. The Balaban J connectivity index is 1.44. The molecule has 1 fully saturated rings. The molecule has 1 aliphatic rings. The van der Waals surface area contributed by atoms with Crippen LogP contribution in [0.4, 0.5) is 23.3 Å². The third-order valence-corrected chi connectivity index (χ3v) is 4.60. The van der Waals surface area contributed by atoms with Crippen molar-refractivity contribution in [3.8, 4) is 0 Å². The van der Waals surface area contributed by atoms with Crippen LogP contribution in [-0.4, -0.2) is 33.8 Å². The maximum absolute atomic E-state index is 4.57. The van der Waals surface area contributed by atoms with Gasteiger partial charge in [0.15, 0.2) is 5.82 Å². The van der Waals surface area contributed by atoms with Crippen LogP contribution < -0.4 is 16.0 Å². The van der Waals surface area contributed by atoms with E-state index in [0.29, 0.717) is 11.9 Å². The second-order valence-corrected chi connectivity index (χ2v) is 7.00. The van der Waals surface area contributed by atoms with Crippen LogP contribution in [0.5, 0.6) is 0 Å². The lowest BCUT2D eigenvalue weighted by molar-refractivity contribution is 0.792. The van der Waals surface area contributed by atoms with E-state index < -0.39 is 0 Å². The van der Waals surface area contributed by atoms with E-state index in [0.717, 1.165) is 36.0 Å². The average molecular weight is 363 g/mol. The molecule has 0 amide bonds. The van der Waals surface area contributed by atoms with Gasteiger partial charge in [-0.2, -0.15) is 10.1 Å². The fourth-order valence-electron chi connectivity index (χ4n) is 2.98. The summed E-state index contributed by atoms with van der Waals surface area (Å²) in [5.41, 5.74) is 4.35. The molecule has 2 heterocycles. The zero-order valence-corrected chi connectivity index (χ0v) is 15.7. The van der Waals surface area contributed by atoms with Crippen LogP contribution in [0.15, 0.2) is 36.4 Å². The number of aromatic amines is 1. The Morgan fingerprint density at radius 3 is 2.59 bits per heavy atom. The standard InChI is InChI=1S/C20H25N7/c1-13-11-18(24-19-12-17(26-27-19)15-5-6-15)25-20(22-13)23-16-7-3-14(4-8-16)9-10-21-2/h3-4,7-8,11-12,15,21H,5-6,9-10H2,1-2H3,(H3,22,23,24,25,26,27). The van der Waals surface area contributed by atoms with Gasteiger partial charge in [-0.05, 0) is 57.5 Å². The van der Waals surface area contributed by atoms with Gasteiger partial charge in [0.1, 0.15) is 5.82 Å². The number of aromatic nitrogens is 4. The Hall–Kier alpha value is -2.93. The quantitative estimate of drug-likeness (QED) is 0.489. The highest BCUT2D eigenvalue weighted by atomic mass is 15.2. The highest BCUT2D eigenvalue weighted by Gasteiger charge is 2.25. The minimum absolute atomic E-state index is 0.568. The lowest BCUT2D eigenvalue weighted by Crippen LogP contribution is -2.10. The molecule has 140 valence electrons. The Kier molecular flexibility index (Phi) is 5.02. The largest absolute Gasteiger partial charge is 0.324 e. The molecule has 27 heavy (non-hydrogen) atoms. The molecule has 7 nitrogen and oxygen atoms in total. The molecule has 0 radical (unpaired) electrons. The third-order valence-electron chi connectivity index (χ3n) is 4.60. The van der Waals surface area contributed by atoms with E-state index in [1.165, 1.54) is 24.1 Å². The molecular formula is C20H25N7. The summed E-state index contributed by atoms with van der Waals surface area (Å²) in [7, 11) is 1.96. The molecular weight excluding hydrogens is 338 g/mol. The van der Waals surface area contributed by atoms with Gasteiger partial charge >= 0.3 is 0 Å². The van der Waals surface area contributed by atoms with Gasteiger partial charge in [-0.15, -0.1) is 0 Å². The van der Waals surface area contributed by atoms with Crippen molar-refractivity contribution in [1.82, 2.24) is 25.5 Å². The Morgan fingerprint density at radius 2 is 1.85 bits per heavy atom. The Morgan fingerprint density at radius 1 is 1.04 bits per heavy atom. The van der Waals surface area contributed by atoms with Crippen molar-refractivity contribution in [3.05, 3.63) is 53.3 Å². The summed E-state index contributed by atoms with van der Waals surface area (Å²) < 4.78 is 0. The van der Waals surface area contributed by atoms with E-state index in [1.807, 2.05) is 20.0 Å². The van der Waals surface area contributed by atoms with Gasteiger partial charge in [-0.3, -0.25) is 5.10 Å². The number of rotatable bonds is 8. The van der Waals surface area contributed by atoms with Crippen molar-refractivity contribution in [2.24, 2.45) is 0 Å². The summed E-state index contributed by atoms with van der Waals surface area (Å²) in [6.45, 7) is 2.93. The van der Waals surface area contributed by atoms with E-state index in [9.17, 15) is 0 Å². The molecule has 0 saturated heterocycles. The van der Waals surface area contributed by atoms with Gasteiger partial charge in [0.2, 0.25) is 5.95 Å². The molecule has 3 aromatic rings. The predicted molar refractivity (Wildman–Crippen MR) is 108 cm³/mol. The lowest BCUT2D eigenvalue weighted by Gasteiger charge is -2.09. The number of anilines is 4. The second kappa shape index (κ2) is 7.75. The van der Waals surface area contributed by atoms with Crippen LogP contribution in [0.1, 0.15) is 35.7 Å². The van der Waals surface area contributed by atoms with Crippen LogP contribution in [-0.2, 0) is 6.42 Å². The predicted octanol–water partition coefficient (Wildman–Crippen LogP) is 3.63. The highest BCUT2D eigenvalue weighted by Crippen LogP contribution is 2.39. The number of nitrogens with one attached hydrogen (secondary N) is 4. The van der Waals surface area contributed by atoms with E-state index in [4.69, 9.17) is 0 Å². The maximum atomic E-state index is 4.57.